The lowest BCUT2D eigenvalue weighted by Gasteiger charge is -2.17. The molecule has 1 atom stereocenters. The van der Waals surface area contributed by atoms with Crippen LogP contribution < -0.4 is 10.1 Å². The first-order chi connectivity index (χ1) is 15.9. The molecule has 0 aliphatic rings. The summed E-state index contributed by atoms with van der Waals surface area (Å²) in [5, 5.41) is 3.67. The fourth-order valence-electron chi connectivity index (χ4n) is 4.03. The number of aromatic nitrogens is 2. The Kier molecular flexibility index (Phi) is 6.99. The number of hydrogen-bond acceptors (Lipinski definition) is 3. The van der Waals surface area contributed by atoms with Gasteiger partial charge < -0.3 is 14.6 Å². The van der Waals surface area contributed by atoms with Crippen LogP contribution in [0.2, 0.25) is 5.02 Å². The van der Waals surface area contributed by atoms with E-state index >= 15 is 0 Å². The molecule has 1 N–H and O–H groups in total. The molecule has 3 aromatic carbocycles. The second kappa shape index (κ2) is 10.1. The summed E-state index contributed by atoms with van der Waals surface area (Å²) in [5.41, 5.74) is 4.81. The molecule has 4 aromatic rings. The monoisotopic (exact) mass is 461 g/mol. The summed E-state index contributed by atoms with van der Waals surface area (Å²) in [6, 6.07) is 20.8. The quantitative estimate of drug-likeness (QED) is 0.315. The summed E-state index contributed by atoms with van der Waals surface area (Å²) in [4.78, 5) is 17.6. The first-order valence-electron chi connectivity index (χ1n) is 11.1. The molecule has 1 heterocycles. The Morgan fingerprint density at radius 2 is 1.73 bits per heavy atom. The van der Waals surface area contributed by atoms with Crippen LogP contribution in [0.3, 0.4) is 0 Å². The van der Waals surface area contributed by atoms with Crippen LogP contribution in [0.25, 0.3) is 11.0 Å². The van der Waals surface area contributed by atoms with E-state index in [4.69, 9.17) is 21.3 Å². The molecule has 0 saturated carbocycles. The van der Waals surface area contributed by atoms with Gasteiger partial charge in [0.2, 0.25) is 0 Å². The van der Waals surface area contributed by atoms with Gasteiger partial charge in [-0.15, -0.1) is 0 Å². The highest BCUT2D eigenvalue weighted by atomic mass is 35.5. The zero-order chi connectivity index (χ0) is 23.4. The van der Waals surface area contributed by atoms with Crippen LogP contribution in [0.5, 0.6) is 5.75 Å². The molecule has 33 heavy (non-hydrogen) atoms. The summed E-state index contributed by atoms with van der Waals surface area (Å²) in [7, 11) is 0. The van der Waals surface area contributed by atoms with E-state index < -0.39 is 0 Å². The summed E-state index contributed by atoms with van der Waals surface area (Å²) in [6.07, 6.45) is 0.818. The van der Waals surface area contributed by atoms with Gasteiger partial charge in [0.1, 0.15) is 11.6 Å². The van der Waals surface area contributed by atoms with Crippen LogP contribution in [-0.4, -0.2) is 22.1 Å². The van der Waals surface area contributed by atoms with E-state index in [2.05, 4.69) is 41.9 Å². The fourth-order valence-corrected chi connectivity index (χ4v) is 4.16. The number of imidazole rings is 1. The van der Waals surface area contributed by atoms with Crippen molar-refractivity contribution in [1.82, 2.24) is 14.9 Å². The third-order valence-electron chi connectivity index (χ3n) is 5.71. The topological polar surface area (TPSA) is 56.1 Å². The number of carbonyl (C=O) groups excluding carboxylic acids is 1. The smallest absolute Gasteiger partial charge is 0.251 e. The second-order valence-corrected chi connectivity index (χ2v) is 8.67. The SMILES string of the molecule is Cc1cccc(C)c1OCCCn1c(C(C)NC(=O)c2ccc(Cl)cc2)nc2ccccc21. The minimum atomic E-state index is -0.264. The normalized spacial score (nSPS) is 12.0. The van der Waals surface area contributed by atoms with E-state index in [9.17, 15) is 4.79 Å². The highest BCUT2D eigenvalue weighted by Gasteiger charge is 2.19. The number of amides is 1. The summed E-state index contributed by atoms with van der Waals surface area (Å²) in [5.74, 6) is 1.62. The van der Waals surface area contributed by atoms with Crippen LogP contribution in [0.4, 0.5) is 0 Å². The van der Waals surface area contributed by atoms with Gasteiger partial charge in [0.15, 0.2) is 0 Å². The number of ether oxygens (including phenoxy) is 1. The zero-order valence-electron chi connectivity index (χ0n) is 19.1. The highest BCUT2D eigenvalue weighted by Crippen LogP contribution is 2.24. The van der Waals surface area contributed by atoms with Crippen molar-refractivity contribution in [2.45, 2.75) is 39.8 Å². The molecule has 4 rings (SSSR count). The largest absolute Gasteiger partial charge is 0.493 e. The Labute approximate surface area is 199 Å². The predicted molar refractivity (Wildman–Crippen MR) is 133 cm³/mol. The van der Waals surface area contributed by atoms with E-state index in [1.165, 1.54) is 0 Å². The maximum Gasteiger partial charge on any atom is 0.251 e. The third kappa shape index (κ3) is 5.20. The Morgan fingerprint density at radius 3 is 2.45 bits per heavy atom. The summed E-state index contributed by atoms with van der Waals surface area (Å²) < 4.78 is 8.27. The van der Waals surface area contributed by atoms with Gasteiger partial charge in [-0.3, -0.25) is 4.79 Å². The molecule has 5 nitrogen and oxygen atoms in total. The average molecular weight is 462 g/mol. The lowest BCUT2D eigenvalue weighted by molar-refractivity contribution is 0.0937. The minimum absolute atomic E-state index is 0.156. The average Bonchev–Trinajstić information content (AvgIpc) is 3.17. The van der Waals surface area contributed by atoms with Crippen molar-refractivity contribution in [3.05, 3.63) is 94.3 Å². The Hall–Kier alpha value is -3.31. The van der Waals surface area contributed by atoms with Gasteiger partial charge in [0, 0.05) is 17.1 Å². The Balaban J connectivity index is 1.49. The number of hydrogen-bond donors (Lipinski definition) is 1. The second-order valence-electron chi connectivity index (χ2n) is 8.24. The van der Waals surface area contributed by atoms with E-state index in [1.54, 1.807) is 24.3 Å². The number of nitrogens with zero attached hydrogens (tertiary/aromatic N) is 2. The number of fused-ring (bicyclic) bond motifs is 1. The molecule has 0 radical (unpaired) electrons. The van der Waals surface area contributed by atoms with Crippen LogP contribution in [0, 0.1) is 13.8 Å². The lowest BCUT2D eigenvalue weighted by atomic mass is 10.1. The number of para-hydroxylation sites is 3. The van der Waals surface area contributed by atoms with Crippen LogP contribution in [-0.2, 0) is 6.54 Å². The fraction of sp³-hybridized carbons (Fsp3) is 0.259. The van der Waals surface area contributed by atoms with Gasteiger partial charge in [-0.05, 0) is 74.7 Å². The lowest BCUT2D eigenvalue weighted by Crippen LogP contribution is -2.28. The van der Waals surface area contributed by atoms with Crippen molar-refractivity contribution in [2.24, 2.45) is 0 Å². The molecular weight excluding hydrogens is 434 g/mol. The maximum absolute atomic E-state index is 12.7. The third-order valence-corrected chi connectivity index (χ3v) is 5.96. The molecule has 0 spiro atoms. The van der Waals surface area contributed by atoms with Crippen molar-refractivity contribution >= 4 is 28.5 Å². The van der Waals surface area contributed by atoms with Gasteiger partial charge in [-0.2, -0.15) is 0 Å². The van der Waals surface area contributed by atoms with Crippen molar-refractivity contribution in [3.8, 4) is 5.75 Å². The molecular formula is C27H28ClN3O2. The first kappa shape index (κ1) is 22.9. The summed E-state index contributed by atoms with van der Waals surface area (Å²) in [6.45, 7) is 7.42. The van der Waals surface area contributed by atoms with Crippen molar-refractivity contribution in [2.75, 3.05) is 6.61 Å². The molecule has 0 fully saturated rings. The maximum atomic E-state index is 12.7. The molecule has 6 heteroatoms. The van der Waals surface area contributed by atoms with Crippen molar-refractivity contribution in [3.63, 3.8) is 0 Å². The molecule has 1 aromatic heterocycles. The minimum Gasteiger partial charge on any atom is -0.493 e. The van der Waals surface area contributed by atoms with E-state index in [0.717, 1.165) is 46.7 Å². The van der Waals surface area contributed by atoms with E-state index in [0.29, 0.717) is 17.2 Å². The molecule has 0 bridgehead atoms. The molecule has 1 amide bonds. The molecule has 0 aliphatic heterocycles. The highest BCUT2D eigenvalue weighted by molar-refractivity contribution is 6.30. The predicted octanol–water partition coefficient (Wildman–Crippen LogP) is 6.27. The number of aryl methyl sites for hydroxylation is 3. The molecule has 170 valence electrons. The van der Waals surface area contributed by atoms with Crippen LogP contribution in [0.1, 0.15) is 46.7 Å². The Morgan fingerprint density at radius 1 is 1.03 bits per heavy atom. The Bertz CT molecular complexity index is 1240. The number of carbonyl (C=O) groups is 1. The van der Waals surface area contributed by atoms with E-state index in [-0.39, 0.29) is 11.9 Å². The summed E-state index contributed by atoms with van der Waals surface area (Å²) >= 11 is 5.95. The number of halogens is 1. The van der Waals surface area contributed by atoms with Crippen LogP contribution in [0.15, 0.2) is 66.7 Å². The first-order valence-corrected chi connectivity index (χ1v) is 11.5. The van der Waals surface area contributed by atoms with Gasteiger partial charge in [0.25, 0.3) is 5.91 Å². The van der Waals surface area contributed by atoms with Crippen molar-refractivity contribution < 1.29 is 9.53 Å². The standard InChI is InChI=1S/C27H28ClN3O2/c1-18-8-6-9-19(2)25(18)33-17-7-16-31-24-11-5-4-10-23(24)30-26(31)20(3)29-27(32)21-12-14-22(28)15-13-21/h4-6,8-15,20H,7,16-17H2,1-3H3,(H,29,32). The van der Waals surface area contributed by atoms with Gasteiger partial charge in [0.05, 0.1) is 23.7 Å². The molecule has 1 unspecified atom stereocenters. The van der Waals surface area contributed by atoms with E-state index in [1.807, 2.05) is 31.2 Å². The van der Waals surface area contributed by atoms with Crippen molar-refractivity contribution in [1.29, 1.82) is 0 Å². The number of benzene rings is 3. The molecule has 0 aliphatic carbocycles. The number of nitrogens with one attached hydrogen (secondary N) is 1. The van der Waals surface area contributed by atoms with Gasteiger partial charge in [-0.25, -0.2) is 4.98 Å². The van der Waals surface area contributed by atoms with Gasteiger partial charge >= 0.3 is 0 Å². The molecule has 0 saturated heterocycles. The number of rotatable bonds is 8. The van der Waals surface area contributed by atoms with Gasteiger partial charge in [-0.1, -0.05) is 41.9 Å². The zero-order valence-corrected chi connectivity index (χ0v) is 19.9. The van der Waals surface area contributed by atoms with Crippen LogP contribution >= 0.6 is 11.6 Å².